The lowest BCUT2D eigenvalue weighted by Gasteiger charge is -2.21. The average Bonchev–Trinajstić information content (AvgIpc) is 2.19. The van der Waals surface area contributed by atoms with Crippen LogP contribution in [0, 0.1) is 11.7 Å². The summed E-state index contributed by atoms with van der Waals surface area (Å²) < 4.78 is 50.7. The Bertz CT molecular complexity index is 385. The van der Waals surface area contributed by atoms with E-state index in [9.17, 15) is 17.6 Å². The van der Waals surface area contributed by atoms with E-state index in [0.717, 1.165) is 12.1 Å². The van der Waals surface area contributed by atoms with Crippen LogP contribution in [0.25, 0.3) is 0 Å². The van der Waals surface area contributed by atoms with Crippen molar-refractivity contribution < 1.29 is 17.6 Å². The third-order valence-electron chi connectivity index (χ3n) is 2.63. The van der Waals surface area contributed by atoms with Crippen molar-refractivity contribution in [3.63, 3.8) is 0 Å². The molecule has 17 heavy (non-hydrogen) atoms. The maximum Gasteiger partial charge on any atom is 0.419 e. The molecule has 1 aromatic carbocycles. The van der Waals surface area contributed by atoms with E-state index >= 15 is 0 Å². The molecule has 0 saturated carbocycles. The first-order chi connectivity index (χ1) is 7.77. The van der Waals surface area contributed by atoms with Crippen molar-refractivity contribution in [3.8, 4) is 0 Å². The van der Waals surface area contributed by atoms with Crippen LogP contribution >= 0.6 is 0 Å². The van der Waals surface area contributed by atoms with E-state index in [1.807, 2.05) is 13.8 Å². The highest BCUT2D eigenvalue weighted by atomic mass is 19.4. The van der Waals surface area contributed by atoms with E-state index in [-0.39, 0.29) is 12.0 Å². The van der Waals surface area contributed by atoms with Crippen molar-refractivity contribution >= 4 is 0 Å². The largest absolute Gasteiger partial charge is 0.419 e. The van der Waals surface area contributed by atoms with Crippen LogP contribution in [0.5, 0.6) is 0 Å². The minimum atomic E-state index is -4.66. The Kier molecular flexibility index (Phi) is 4.14. The van der Waals surface area contributed by atoms with Gasteiger partial charge in [-0.15, -0.1) is 0 Å². The van der Waals surface area contributed by atoms with Crippen molar-refractivity contribution in [3.05, 3.63) is 35.1 Å². The third kappa shape index (κ3) is 3.19. The molecule has 0 heterocycles. The fourth-order valence-electron chi connectivity index (χ4n) is 1.84. The molecule has 0 aromatic heterocycles. The minimum absolute atomic E-state index is 0.117. The molecule has 0 aliphatic carbocycles. The third-order valence-corrected chi connectivity index (χ3v) is 2.63. The molecule has 96 valence electrons. The van der Waals surface area contributed by atoms with E-state index < -0.39 is 17.6 Å². The second-order valence-corrected chi connectivity index (χ2v) is 4.25. The van der Waals surface area contributed by atoms with Crippen LogP contribution in [0.3, 0.4) is 0 Å². The molecule has 0 aliphatic heterocycles. The Hall–Kier alpha value is -1.10. The summed E-state index contributed by atoms with van der Waals surface area (Å²) in [5, 5.41) is 2.93. The van der Waals surface area contributed by atoms with Gasteiger partial charge in [0.05, 0.1) is 5.56 Å². The Labute approximate surface area is 97.8 Å². The van der Waals surface area contributed by atoms with Crippen molar-refractivity contribution in [1.82, 2.24) is 5.32 Å². The Morgan fingerprint density at radius 3 is 2.18 bits per heavy atom. The molecule has 0 saturated heterocycles. The first-order valence-electron chi connectivity index (χ1n) is 5.31. The van der Waals surface area contributed by atoms with Gasteiger partial charge in [0.25, 0.3) is 0 Å². The summed E-state index contributed by atoms with van der Waals surface area (Å²) in [5.74, 6) is -1.12. The quantitative estimate of drug-likeness (QED) is 0.804. The summed E-state index contributed by atoms with van der Waals surface area (Å²) in [4.78, 5) is 0. The first kappa shape index (κ1) is 14.0. The van der Waals surface area contributed by atoms with Crippen molar-refractivity contribution in [2.45, 2.75) is 26.1 Å². The van der Waals surface area contributed by atoms with Crippen LogP contribution in [0.2, 0.25) is 0 Å². The molecule has 1 N–H and O–H groups in total. The fourth-order valence-corrected chi connectivity index (χ4v) is 1.84. The molecule has 0 spiro atoms. The lowest BCUT2D eigenvalue weighted by Crippen LogP contribution is -2.22. The van der Waals surface area contributed by atoms with Gasteiger partial charge in [0.15, 0.2) is 0 Å². The highest BCUT2D eigenvalue weighted by Crippen LogP contribution is 2.34. The molecule has 1 unspecified atom stereocenters. The minimum Gasteiger partial charge on any atom is -0.313 e. The van der Waals surface area contributed by atoms with Crippen molar-refractivity contribution in [2.24, 2.45) is 5.92 Å². The molecule has 5 heteroatoms. The van der Waals surface area contributed by atoms with Gasteiger partial charge in [-0.2, -0.15) is 13.2 Å². The van der Waals surface area contributed by atoms with E-state index in [2.05, 4.69) is 5.32 Å². The second-order valence-electron chi connectivity index (χ2n) is 4.25. The lowest BCUT2D eigenvalue weighted by molar-refractivity contribution is -0.140. The number of nitrogens with one attached hydrogen (secondary N) is 1. The molecule has 0 aliphatic rings. The van der Waals surface area contributed by atoms with Gasteiger partial charge >= 0.3 is 6.18 Å². The van der Waals surface area contributed by atoms with Gasteiger partial charge in [0.2, 0.25) is 0 Å². The van der Waals surface area contributed by atoms with Gasteiger partial charge in [-0.3, -0.25) is 0 Å². The zero-order valence-corrected chi connectivity index (χ0v) is 9.90. The maximum absolute atomic E-state index is 13.1. The number of hydrogen-bond donors (Lipinski definition) is 1. The number of hydrogen-bond acceptors (Lipinski definition) is 1. The molecule has 1 rings (SSSR count). The number of benzene rings is 1. The summed E-state index contributed by atoms with van der Waals surface area (Å²) in [6.07, 6.45) is -4.66. The molecule has 0 radical (unpaired) electrons. The summed E-state index contributed by atoms with van der Waals surface area (Å²) >= 11 is 0. The Morgan fingerprint density at radius 2 is 1.76 bits per heavy atom. The van der Waals surface area contributed by atoms with Gasteiger partial charge in [0, 0.05) is 6.04 Å². The molecule has 0 fully saturated rings. The molecular weight excluding hydrogens is 234 g/mol. The van der Waals surface area contributed by atoms with Crippen LogP contribution in [-0.4, -0.2) is 7.05 Å². The number of alkyl halides is 3. The Balaban J connectivity index is 3.21. The van der Waals surface area contributed by atoms with Crippen molar-refractivity contribution in [2.75, 3.05) is 7.05 Å². The van der Waals surface area contributed by atoms with Gasteiger partial charge < -0.3 is 5.32 Å². The second kappa shape index (κ2) is 5.04. The topological polar surface area (TPSA) is 12.0 Å². The summed E-state index contributed by atoms with van der Waals surface area (Å²) in [5.41, 5.74) is -0.771. The highest BCUT2D eigenvalue weighted by molar-refractivity contribution is 5.29. The van der Waals surface area contributed by atoms with Gasteiger partial charge in [0.1, 0.15) is 5.82 Å². The molecule has 0 bridgehead atoms. The maximum atomic E-state index is 13.1. The monoisotopic (exact) mass is 249 g/mol. The van der Waals surface area contributed by atoms with E-state index in [0.29, 0.717) is 5.56 Å². The van der Waals surface area contributed by atoms with E-state index in [1.165, 1.54) is 6.07 Å². The molecular formula is C12H15F4N. The normalized spacial score (nSPS) is 14.1. The number of halogens is 4. The fraction of sp³-hybridized carbons (Fsp3) is 0.500. The average molecular weight is 249 g/mol. The van der Waals surface area contributed by atoms with Crippen LogP contribution in [0.1, 0.15) is 31.0 Å². The zero-order chi connectivity index (χ0) is 13.2. The predicted octanol–water partition coefficient (Wildman–Crippen LogP) is 3.76. The van der Waals surface area contributed by atoms with Crippen LogP contribution in [-0.2, 0) is 6.18 Å². The summed E-state index contributed by atoms with van der Waals surface area (Å²) in [7, 11) is 1.67. The molecule has 1 nitrogen and oxygen atoms in total. The lowest BCUT2D eigenvalue weighted by atomic mass is 9.94. The highest BCUT2D eigenvalue weighted by Gasteiger charge is 2.34. The standard InChI is InChI=1S/C12H15F4N/c1-7(2)11(17-3)8-4-5-10(13)9(6-8)12(14,15)16/h4-7,11,17H,1-3H3. The molecule has 1 aromatic rings. The Morgan fingerprint density at radius 1 is 1.18 bits per heavy atom. The smallest absolute Gasteiger partial charge is 0.313 e. The van der Waals surface area contributed by atoms with E-state index in [4.69, 9.17) is 0 Å². The van der Waals surface area contributed by atoms with Gasteiger partial charge in [-0.25, -0.2) is 4.39 Å². The zero-order valence-electron chi connectivity index (χ0n) is 9.90. The first-order valence-corrected chi connectivity index (χ1v) is 5.31. The number of rotatable bonds is 3. The van der Waals surface area contributed by atoms with Gasteiger partial charge in [-0.05, 0) is 30.7 Å². The molecule has 0 amide bonds. The SMILES string of the molecule is CNC(c1ccc(F)c(C(F)(F)F)c1)C(C)C. The summed E-state index contributed by atoms with van der Waals surface area (Å²) in [6, 6.07) is 2.89. The van der Waals surface area contributed by atoms with Crippen LogP contribution < -0.4 is 5.32 Å². The van der Waals surface area contributed by atoms with Crippen molar-refractivity contribution in [1.29, 1.82) is 0 Å². The molecule has 1 atom stereocenters. The predicted molar refractivity (Wildman–Crippen MR) is 58.0 cm³/mol. The van der Waals surface area contributed by atoms with Crippen LogP contribution in [0.15, 0.2) is 18.2 Å². The van der Waals surface area contributed by atoms with E-state index in [1.54, 1.807) is 7.05 Å². The summed E-state index contributed by atoms with van der Waals surface area (Å²) in [6.45, 7) is 3.77. The van der Waals surface area contributed by atoms with Crippen LogP contribution in [0.4, 0.5) is 17.6 Å². The van der Waals surface area contributed by atoms with Gasteiger partial charge in [-0.1, -0.05) is 19.9 Å².